The zero-order valence-corrected chi connectivity index (χ0v) is 21.5. The zero-order chi connectivity index (χ0) is 28.0. The Kier molecular flexibility index (Phi) is 13.5. The molecule has 12 nitrogen and oxygen atoms in total. The largest absolute Gasteiger partial charge is 0.481 e. The number of carbonyl (C=O) groups excluding carboxylic acids is 5. The van der Waals surface area contributed by atoms with Crippen LogP contribution in [-0.4, -0.2) is 65.7 Å². The summed E-state index contributed by atoms with van der Waals surface area (Å²) in [6, 6.07) is 3.89. The van der Waals surface area contributed by atoms with Crippen LogP contribution in [0.5, 0.6) is 0 Å². The lowest BCUT2D eigenvalue weighted by molar-refractivity contribution is -0.138. The van der Waals surface area contributed by atoms with E-state index >= 15 is 0 Å². The van der Waals surface area contributed by atoms with Gasteiger partial charge in [0, 0.05) is 32.0 Å². The van der Waals surface area contributed by atoms with Gasteiger partial charge in [-0.05, 0) is 50.3 Å². The molecule has 4 amide bonds. The van der Waals surface area contributed by atoms with Gasteiger partial charge in [0.15, 0.2) is 5.78 Å². The van der Waals surface area contributed by atoms with Crippen molar-refractivity contribution in [2.75, 3.05) is 12.4 Å². The number of benzene rings is 1. The number of aryl methyl sites for hydroxylation is 1. The van der Waals surface area contributed by atoms with Crippen LogP contribution in [0.2, 0.25) is 0 Å². The zero-order valence-electron chi connectivity index (χ0n) is 21.5. The second-order valence-corrected chi connectivity index (χ2v) is 8.62. The molecule has 1 aromatic carbocycles. The maximum absolute atomic E-state index is 13.0. The molecule has 1 aromatic rings. The van der Waals surface area contributed by atoms with Gasteiger partial charge in [-0.3, -0.25) is 28.8 Å². The second-order valence-electron chi connectivity index (χ2n) is 8.62. The Morgan fingerprint density at radius 3 is 1.95 bits per heavy atom. The Morgan fingerprint density at radius 1 is 0.838 bits per heavy atom. The number of ketones is 1. The molecule has 0 heterocycles. The van der Waals surface area contributed by atoms with E-state index in [1.165, 1.54) is 14.0 Å². The van der Waals surface area contributed by atoms with E-state index < -0.39 is 47.6 Å². The van der Waals surface area contributed by atoms with Crippen molar-refractivity contribution in [3.05, 3.63) is 29.8 Å². The highest BCUT2D eigenvalue weighted by Crippen LogP contribution is 2.11. The monoisotopic (exact) mass is 519 g/mol. The van der Waals surface area contributed by atoms with Crippen LogP contribution in [0.25, 0.3) is 0 Å². The number of hydrogen-bond donors (Lipinski definition) is 6. The lowest BCUT2D eigenvalue weighted by Crippen LogP contribution is -2.54. The van der Waals surface area contributed by atoms with Gasteiger partial charge in [0.05, 0.1) is 12.1 Å². The predicted molar refractivity (Wildman–Crippen MR) is 136 cm³/mol. The Hall–Kier alpha value is -3.80. The molecule has 0 saturated heterocycles. The predicted octanol–water partition coefficient (Wildman–Crippen LogP) is 0.245. The van der Waals surface area contributed by atoms with Crippen LogP contribution in [0.15, 0.2) is 24.3 Å². The van der Waals surface area contributed by atoms with Crippen LogP contribution in [0.1, 0.15) is 57.9 Å². The fourth-order valence-electron chi connectivity index (χ4n) is 3.33. The number of nitrogens with two attached hydrogens (primary N) is 1. The molecule has 3 atom stereocenters. The lowest BCUT2D eigenvalue weighted by Gasteiger charge is -2.23. The van der Waals surface area contributed by atoms with Crippen LogP contribution in [0.3, 0.4) is 0 Å². The van der Waals surface area contributed by atoms with E-state index in [-0.39, 0.29) is 44.4 Å². The van der Waals surface area contributed by atoms with Crippen molar-refractivity contribution in [2.45, 2.75) is 76.9 Å². The van der Waals surface area contributed by atoms with Gasteiger partial charge < -0.3 is 32.1 Å². The number of carboxylic acids is 1. The normalized spacial score (nSPS) is 13.0. The summed E-state index contributed by atoms with van der Waals surface area (Å²) in [6.45, 7) is 3.22. The van der Waals surface area contributed by atoms with Crippen molar-refractivity contribution in [1.82, 2.24) is 16.0 Å². The number of amides is 4. The molecular formula is C25H37N5O7. The average Bonchev–Trinajstić information content (AvgIpc) is 2.86. The average molecular weight is 520 g/mol. The molecule has 12 heteroatoms. The van der Waals surface area contributed by atoms with Crippen LogP contribution < -0.4 is 27.0 Å². The fraction of sp³-hybridized carbons (Fsp3) is 0.520. The second kappa shape index (κ2) is 16.0. The van der Waals surface area contributed by atoms with E-state index in [4.69, 9.17) is 10.8 Å². The number of Topliss-reactive ketones (excluding diaryl/α,β-unsaturated/α-hetero) is 1. The summed E-state index contributed by atoms with van der Waals surface area (Å²) in [5, 5.41) is 19.0. The maximum atomic E-state index is 13.0. The summed E-state index contributed by atoms with van der Waals surface area (Å²) in [7, 11) is 1.45. The summed E-state index contributed by atoms with van der Waals surface area (Å²) in [5.74, 6) is -3.73. The van der Waals surface area contributed by atoms with Crippen molar-refractivity contribution in [3.8, 4) is 0 Å². The number of carboxylic acid groups (broad SMARTS) is 1. The highest BCUT2D eigenvalue weighted by atomic mass is 16.4. The van der Waals surface area contributed by atoms with Gasteiger partial charge in [-0.2, -0.15) is 0 Å². The lowest BCUT2D eigenvalue weighted by atomic mass is 10.0. The minimum absolute atomic E-state index is 0.00275. The smallest absolute Gasteiger partial charge is 0.303 e. The van der Waals surface area contributed by atoms with Crippen LogP contribution in [-0.2, 0) is 35.2 Å². The number of rotatable bonds is 16. The molecule has 0 fully saturated rings. The summed E-state index contributed by atoms with van der Waals surface area (Å²) in [6.07, 6.45) is 0.167. The van der Waals surface area contributed by atoms with Gasteiger partial charge in [-0.25, -0.2) is 0 Å². The van der Waals surface area contributed by atoms with E-state index in [0.717, 1.165) is 12.0 Å². The third kappa shape index (κ3) is 12.1. The summed E-state index contributed by atoms with van der Waals surface area (Å²) >= 11 is 0. The molecule has 1 rings (SSSR count). The van der Waals surface area contributed by atoms with E-state index in [9.17, 15) is 28.8 Å². The quantitative estimate of drug-likeness (QED) is 0.178. The van der Waals surface area contributed by atoms with Crippen molar-refractivity contribution in [3.63, 3.8) is 0 Å². The van der Waals surface area contributed by atoms with E-state index in [2.05, 4.69) is 21.3 Å². The van der Waals surface area contributed by atoms with Crippen LogP contribution >= 0.6 is 0 Å². The Bertz CT molecular complexity index is 965. The molecule has 0 aromatic heterocycles. The molecule has 37 heavy (non-hydrogen) atoms. The first kappa shape index (κ1) is 31.2. The Morgan fingerprint density at radius 2 is 1.41 bits per heavy atom. The third-order valence-electron chi connectivity index (χ3n) is 5.69. The molecule has 0 aliphatic heterocycles. The SMILES string of the molecule is CCc1ccc(NC(=O)CCC(NC(=O)C(N)CCC(=O)NC)C(=O)NC(CCC(=O)O)C(C)=O)cc1. The van der Waals surface area contributed by atoms with E-state index in [1.54, 1.807) is 12.1 Å². The number of hydrogen-bond acceptors (Lipinski definition) is 7. The summed E-state index contributed by atoms with van der Waals surface area (Å²) in [4.78, 5) is 72.3. The fourth-order valence-corrected chi connectivity index (χ4v) is 3.33. The standard InChI is InChI=1S/C25H37N5O7/c1-4-16-5-7-17(8-6-16)28-22(33)13-10-20(30-24(36)18(26)9-12-21(32)27-3)25(37)29-19(15(2)31)11-14-23(34)35/h5-8,18-20H,4,9-14,26H2,1-3H3,(H,27,32)(H,28,33)(H,29,37)(H,30,36)(H,34,35). The first-order valence-electron chi connectivity index (χ1n) is 12.1. The van der Waals surface area contributed by atoms with Crippen LogP contribution in [0.4, 0.5) is 5.69 Å². The van der Waals surface area contributed by atoms with Gasteiger partial charge in [0.1, 0.15) is 6.04 Å². The van der Waals surface area contributed by atoms with E-state index in [0.29, 0.717) is 5.69 Å². The first-order chi connectivity index (χ1) is 17.5. The van der Waals surface area contributed by atoms with E-state index in [1.807, 2.05) is 19.1 Å². The minimum Gasteiger partial charge on any atom is -0.481 e. The molecule has 0 aliphatic carbocycles. The summed E-state index contributed by atoms with van der Waals surface area (Å²) in [5.41, 5.74) is 7.54. The maximum Gasteiger partial charge on any atom is 0.303 e. The number of anilines is 1. The van der Waals surface area contributed by atoms with Gasteiger partial charge in [0.25, 0.3) is 0 Å². The number of aliphatic carboxylic acids is 1. The van der Waals surface area contributed by atoms with Crippen molar-refractivity contribution in [1.29, 1.82) is 0 Å². The molecule has 3 unspecified atom stereocenters. The van der Waals surface area contributed by atoms with Crippen molar-refractivity contribution in [2.24, 2.45) is 5.73 Å². The van der Waals surface area contributed by atoms with Gasteiger partial charge >= 0.3 is 5.97 Å². The Labute approximate surface area is 216 Å². The van der Waals surface area contributed by atoms with Gasteiger partial charge in [0.2, 0.25) is 23.6 Å². The number of carbonyl (C=O) groups is 6. The highest BCUT2D eigenvalue weighted by Gasteiger charge is 2.28. The molecule has 0 spiro atoms. The summed E-state index contributed by atoms with van der Waals surface area (Å²) < 4.78 is 0. The molecule has 0 bridgehead atoms. The molecule has 0 aliphatic rings. The number of nitrogens with one attached hydrogen (secondary N) is 4. The highest BCUT2D eigenvalue weighted by molar-refractivity contribution is 5.95. The van der Waals surface area contributed by atoms with Crippen molar-refractivity contribution < 1.29 is 33.9 Å². The first-order valence-corrected chi connectivity index (χ1v) is 12.1. The van der Waals surface area contributed by atoms with Gasteiger partial charge in [-0.1, -0.05) is 19.1 Å². The molecule has 0 radical (unpaired) electrons. The molecule has 0 saturated carbocycles. The van der Waals surface area contributed by atoms with Gasteiger partial charge in [-0.15, -0.1) is 0 Å². The molecule has 7 N–H and O–H groups in total. The minimum atomic E-state index is -1.22. The van der Waals surface area contributed by atoms with Crippen LogP contribution in [0, 0.1) is 0 Å². The molecule has 204 valence electrons. The van der Waals surface area contributed by atoms with Crippen molar-refractivity contribution >= 4 is 41.1 Å². The third-order valence-corrected chi connectivity index (χ3v) is 5.69. The topological polar surface area (TPSA) is 197 Å². The Balaban J connectivity index is 2.89. The molecular weight excluding hydrogens is 482 g/mol.